The molecule has 7 nitrogen and oxygen atoms in total. The maximum absolute atomic E-state index is 14.7. The Kier molecular flexibility index (Phi) is 7.13. The predicted molar refractivity (Wildman–Crippen MR) is 120 cm³/mol. The number of nitrogen functional groups attached to an aromatic ring is 1. The minimum absolute atomic E-state index is 0.0352. The molecule has 2 aromatic heterocycles. The minimum atomic E-state index is -1.22. The van der Waals surface area contributed by atoms with Gasteiger partial charge in [0.05, 0.1) is 22.4 Å². The minimum Gasteiger partial charge on any atom is -0.383 e. The van der Waals surface area contributed by atoms with Crippen LogP contribution in [0.2, 0.25) is 5.02 Å². The van der Waals surface area contributed by atoms with Gasteiger partial charge in [0.1, 0.15) is 16.9 Å². The van der Waals surface area contributed by atoms with Crippen LogP contribution >= 0.6 is 11.6 Å². The Balaban J connectivity index is 0.000000391. The third-order valence-electron chi connectivity index (χ3n) is 4.93. The van der Waals surface area contributed by atoms with E-state index in [0.29, 0.717) is 22.6 Å². The van der Waals surface area contributed by atoms with Crippen molar-refractivity contribution in [3.05, 3.63) is 35.0 Å². The summed E-state index contributed by atoms with van der Waals surface area (Å²) in [5, 5.41) is 10.7. The van der Waals surface area contributed by atoms with Crippen LogP contribution in [0.1, 0.15) is 58.8 Å². The smallest absolute Gasteiger partial charge is 0.220 e. The number of benzene rings is 1. The lowest BCUT2D eigenvalue weighted by molar-refractivity contribution is 0.0641. The molecule has 1 saturated heterocycles. The van der Waals surface area contributed by atoms with Crippen LogP contribution in [0.5, 0.6) is 0 Å². The molecule has 1 fully saturated rings. The molecule has 1 aliphatic heterocycles. The molecule has 0 bridgehead atoms. The summed E-state index contributed by atoms with van der Waals surface area (Å²) in [7, 11) is 0. The number of imidazole rings is 1. The zero-order valence-electron chi connectivity index (χ0n) is 18.3. The largest absolute Gasteiger partial charge is 0.383 e. The molecule has 1 aliphatic rings. The molecule has 0 spiro atoms. The fourth-order valence-electron chi connectivity index (χ4n) is 3.51. The first kappa shape index (κ1) is 23.4. The molecule has 3 N–H and O–H groups in total. The summed E-state index contributed by atoms with van der Waals surface area (Å²) >= 11 is 6.15. The van der Waals surface area contributed by atoms with Gasteiger partial charge in [-0.1, -0.05) is 11.6 Å². The third-order valence-corrected chi connectivity index (χ3v) is 5.20. The molecule has 3 aromatic rings. The zero-order chi connectivity index (χ0) is 22.8. The number of hydrogen-bond acceptors (Lipinski definition) is 6. The molecule has 4 rings (SSSR count). The van der Waals surface area contributed by atoms with Gasteiger partial charge >= 0.3 is 0 Å². The number of hydrogen-bond donors (Lipinski definition) is 2. The number of halogens is 2. The Morgan fingerprint density at radius 1 is 1.19 bits per heavy atom. The quantitative estimate of drug-likeness (QED) is 0.592. The third kappa shape index (κ3) is 5.31. The van der Waals surface area contributed by atoms with Crippen molar-refractivity contribution in [1.29, 1.82) is 0 Å². The first-order chi connectivity index (χ1) is 14.6. The Morgan fingerprint density at radius 3 is 2.39 bits per heavy atom. The Morgan fingerprint density at radius 2 is 1.87 bits per heavy atom. The molecule has 0 atom stereocenters. The van der Waals surface area contributed by atoms with Crippen LogP contribution in [0.3, 0.4) is 0 Å². The summed E-state index contributed by atoms with van der Waals surface area (Å²) in [5.74, 6) is -0.0815. The van der Waals surface area contributed by atoms with Crippen LogP contribution in [0, 0.1) is 5.82 Å². The first-order valence-corrected chi connectivity index (χ1v) is 10.8. The Hall–Kier alpha value is -2.29. The highest BCUT2D eigenvalue weighted by Gasteiger charge is 2.27. The van der Waals surface area contributed by atoms with E-state index in [9.17, 15) is 9.50 Å². The van der Waals surface area contributed by atoms with Gasteiger partial charge in [-0.3, -0.25) is 0 Å². The number of fused-ring (bicyclic) bond motifs is 1. The van der Waals surface area contributed by atoms with Crippen molar-refractivity contribution in [3.8, 4) is 11.3 Å². The lowest BCUT2D eigenvalue weighted by Crippen LogP contribution is -2.23. The summed E-state index contributed by atoms with van der Waals surface area (Å²) in [5.41, 5.74) is 5.96. The maximum atomic E-state index is 14.7. The summed E-state index contributed by atoms with van der Waals surface area (Å²) < 4.78 is 21.6. The van der Waals surface area contributed by atoms with Crippen molar-refractivity contribution >= 4 is 28.6 Å². The van der Waals surface area contributed by atoms with Gasteiger partial charge in [-0.2, -0.15) is 0 Å². The standard InChI is InChI=1S/C17H19ClFN5O.C5H10O/c1-8(2)24-12-6-9(13-10(18)7-21-16(20)23-13)5-11(19)14(12)22-15(24)17(3,4)25;1-2-4-6-5-3-1/h5-8,25H,1-4H3,(H2,20,21,23);1-5H2. The van der Waals surface area contributed by atoms with Crippen molar-refractivity contribution in [1.82, 2.24) is 19.5 Å². The van der Waals surface area contributed by atoms with E-state index < -0.39 is 11.4 Å². The molecule has 1 aromatic carbocycles. The molecule has 168 valence electrons. The number of rotatable bonds is 3. The first-order valence-electron chi connectivity index (χ1n) is 10.4. The van der Waals surface area contributed by atoms with Crippen molar-refractivity contribution in [3.63, 3.8) is 0 Å². The van der Waals surface area contributed by atoms with Crippen molar-refractivity contribution in [2.75, 3.05) is 18.9 Å². The highest BCUT2D eigenvalue weighted by atomic mass is 35.5. The molecule has 0 aliphatic carbocycles. The number of nitrogens with two attached hydrogens (primary N) is 1. The molecule has 9 heteroatoms. The van der Waals surface area contributed by atoms with Crippen LogP contribution in [0.4, 0.5) is 10.3 Å². The van der Waals surface area contributed by atoms with Gasteiger partial charge in [0.15, 0.2) is 5.82 Å². The van der Waals surface area contributed by atoms with E-state index in [1.807, 2.05) is 13.8 Å². The second-order valence-electron chi connectivity index (χ2n) is 8.38. The normalized spacial score (nSPS) is 14.6. The van der Waals surface area contributed by atoms with Gasteiger partial charge < -0.3 is 20.1 Å². The average Bonchev–Trinajstić information content (AvgIpc) is 3.12. The Labute approximate surface area is 186 Å². The predicted octanol–water partition coefficient (Wildman–Crippen LogP) is 4.86. The molecule has 31 heavy (non-hydrogen) atoms. The van der Waals surface area contributed by atoms with Gasteiger partial charge in [0.2, 0.25) is 5.95 Å². The molecule has 0 amide bonds. The van der Waals surface area contributed by atoms with E-state index in [1.54, 1.807) is 24.5 Å². The highest BCUT2D eigenvalue weighted by Crippen LogP contribution is 2.34. The van der Waals surface area contributed by atoms with Crippen LogP contribution in [-0.2, 0) is 10.3 Å². The number of aliphatic hydroxyl groups is 1. The van der Waals surface area contributed by atoms with Crippen molar-refractivity contribution in [2.24, 2.45) is 0 Å². The lowest BCUT2D eigenvalue weighted by atomic mass is 10.1. The van der Waals surface area contributed by atoms with Crippen LogP contribution in [0.15, 0.2) is 18.3 Å². The number of ether oxygens (including phenoxy) is 1. The van der Waals surface area contributed by atoms with E-state index in [0.717, 1.165) is 13.2 Å². The summed E-state index contributed by atoms with van der Waals surface area (Å²) in [6.07, 6.45) is 5.31. The number of anilines is 1. The summed E-state index contributed by atoms with van der Waals surface area (Å²) in [6.45, 7) is 9.12. The molecular weight excluding hydrogens is 421 g/mol. The molecular formula is C22H29ClFN5O2. The highest BCUT2D eigenvalue weighted by molar-refractivity contribution is 6.33. The Bertz CT molecular complexity index is 1050. The zero-order valence-corrected chi connectivity index (χ0v) is 19.1. The van der Waals surface area contributed by atoms with Crippen LogP contribution in [-0.4, -0.2) is 37.8 Å². The fourth-order valence-corrected chi connectivity index (χ4v) is 3.71. The summed E-state index contributed by atoms with van der Waals surface area (Å²) in [4.78, 5) is 12.3. The number of nitrogens with zero attached hydrogens (tertiary/aromatic N) is 4. The second kappa shape index (κ2) is 9.46. The van der Waals surface area contributed by atoms with E-state index in [-0.39, 0.29) is 22.5 Å². The summed E-state index contributed by atoms with van der Waals surface area (Å²) in [6, 6.07) is 3.02. The van der Waals surface area contributed by atoms with E-state index in [1.165, 1.54) is 31.5 Å². The van der Waals surface area contributed by atoms with Gasteiger partial charge in [-0.25, -0.2) is 19.3 Å². The lowest BCUT2D eigenvalue weighted by Gasteiger charge is -2.21. The topological polar surface area (TPSA) is 99.1 Å². The van der Waals surface area contributed by atoms with Crippen LogP contribution in [0.25, 0.3) is 22.3 Å². The second-order valence-corrected chi connectivity index (χ2v) is 8.79. The van der Waals surface area contributed by atoms with E-state index in [2.05, 4.69) is 15.0 Å². The SMILES string of the molecule is C1CCOCC1.CC(C)n1c(C(C)(C)O)nc2c(F)cc(-c3nc(N)ncc3Cl)cc21. The number of aromatic nitrogens is 4. The van der Waals surface area contributed by atoms with Crippen LogP contribution < -0.4 is 5.73 Å². The fraction of sp³-hybridized carbons (Fsp3) is 0.500. The average molecular weight is 450 g/mol. The van der Waals surface area contributed by atoms with Gasteiger partial charge in [-0.05, 0) is 59.1 Å². The van der Waals surface area contributed by atoms with Gasteiger partial charge in [-0.15, -0.1) is 0 Å². The molecule has 0 radical (unpaired) electrons. The monoisotopic (exact) mass is 449 g/mol. The molecule has 3 heterocycles. The van der Waals surface area contributed by atoms with E-state index in [4.69, 9.17) is 22.1 Å². The maximum Gasteiger partial charge on any atom is 0.220 e. The molecule has 0 unspecified atom stereocenters. The van der Waals surface area contributed by atoms with Gasteiger partial charge in [0, 0.05) is 24.8 Å². The van der Waals surface area contributed by atoms with E-state index >= 15 is 0 Å². The molecule has 0 saturated carbocycles. The van der Waals surface area contributed by atoms with Crippen molar-refractivity contribution < 1.29 is 14.2 Å². The van der Waals surface area contributed by atoms with Gasteiger partial charge in [0.25, 0.3) is 0 Å². The van der Waals surface area contributed by atoms with Crippen molar-refractivity contribution in [2.45, 2.75) is 58.6 Å².